The van der Waals surface area contributed by atoms with Gasteiger partial charge in [-0.2, -0.15) is 0 Å². The number of ether oxygens (including phenoxy) is 1. The normalized spacial score (nSPS) is 25.3. The van der Waals surface area contributed by atoms with Gasteiger partial charge in [-0.25, -0.2) is 0 Å². The molecule has 2 aliphatic heterocycles. The fourth-order valence-corrected chi connectivity index (χ4v) is 4.51. The molecule has 1 spiro atoms. The van der Waals surface area contributed by atoms with Gasteiger partial charge >= 0.3 is 0 Å². The average molecular weight is 370 g/mol. The molecular weight excluding hydrogens is 340 g/mol. The van der Waals surface area contributed by atoms with Crippen LogP contribution in [0.4, 0.5) is 0 Å². The highest BCUT2D eigenvalue weighted by atomic mass is 16.5. The molecule has 27 heavy (non-hydrogen) atoms. The zero-order valence-corrected chi connectivity index (χ0v) is 16.5. The molecular formula is C22H30N2O3. The Morgan fingerprint density at radius 2 is 2.04 bits per heavy atom. The molecule has 0 N–H and O–H groups in total. The summed E-state index contributed by atoms with van der Waals surface area (Å²) < 4.78 is 5.79. The zero-order chi connectivity index (χ0) is 19.0. The van der Waals surface area contributed by atoms with E-state index in [1.807, 2.05) is 36.9 Å². The zero-order valence-electron chi connectivity index (χ0n) is 16.5. The Hall–Kier alpha value is -2.04. The summed E-state index contributed by atoms with van der Waals surface area (Å²) in [5.41, 5.74) is 1.88. The minimum absolute atomic E-state index is 0.0140. The topological polar surface area (TPSA) is 49.9 Å². The van der Waals surface area contributed by atoms with Crippen molar-refractivity contribution in [2.75, 3.05) is 32.8 Å². The van der Waals surface area contributed by atoms with Crippen LogP contribution in [0.3, 0.4) is 0 Å². The van der Waals surface area contributed by atoms with E-state index in [-0.39, 0.29) is 23.8 Å². The Morgan fingerprint density at radius 1 is 1.22 bits per heavy atom. The van der Waals surface area contributed by atoms with E-state index >= 15 is 0 Å². The summed E-state index contributed by atoms with van der Waals surface area (Å²) in [7, 11) is 0. The van der Waals surface area contributed by atoms with Crippen molar-refractivity contribution < 1.29 is 14.3 Å². The second kappa shape index (κ2) is 7.17. The smallest absolute Gasteiger partial charge is 0.260 e. The van der Waals surface area contributed by atoms with Crippen LogP contribution in [-0.2, 0) is 9.59 Å². The van der Waals surface area contributed by atoms with Crippen LogP contribution >= 0.6 is 0 Å². The van der Waals surface area contributed by atoms with Crippen LogP contribution in [0.5, 0.6) is 5.75 Å². The predicted octanol–water partition coefficient (Wildman–Crippen LogP) is 2.93. The van der Waals surface area contributed by atoms with Crippen molar-refractivity contribution >= 4 is 11.8 Å². The van der Waals surface area contributed by atoms with E-state index in [1.54, 1.807) is 0 Å². The third kappa shape index (κ3) is 3.69. The summed E-state index contributed by atoms with van der Waals surface area (Å²) in [6, 6.07) is 5.89. The Morgan fingerprint density at radius 3 is 2.81 bits per heavy atom. The molecule has 1 aromatic rings. The van der Waals surface area contributed by atoms with Gasteiger partial charge in [0.2, 0.25) is 5.91 Å². The highest BCUT2D eigenvalue weighted by Gasteiger charge is 2.49. The van der Waals surface area contributed by atoms with Crippen LogP contribution in [0.15, 0.2) is 18.2 Å². The van der Waals surface area contributed by atoms with Crippen LogP contribution in [0.1, 0.15) is 43.2 Å². The maximum atomic E-state index is 13.1. The highest BCUT2D eigenvalue weighted by molar-refractivity contribution is 5.86. The molecule has 3 aliphatic rings. The second-order valence-electron chi connectivity index (χ2n) is 8.63. The standard InChI is InChI=1S/C22H30N2O3/c1-16-5-3-6-19(17(16)2)27-14-20(25)24-12-10-22(15-24)9-4-11-23(21(22)26)13-18-7-8-18/h3,5-6,18H,4,7-15H2,1-2H3. The molecule has 146 valence electrons. The number of nitrogens with zero attached hydrogens (tertiary/aromatic N) is 2. The van der Waals surface area contributed by atoms with Gasteiger partial charge in [0, 0.05) is 26.2 Å². The summed E-state index contributed by atoms with van der Waals surface area (Å²) in [5, 5.41) is 0. The predicted molar refractivity (Wildman–Crippen MR) is 104 cm³/mol. The molecule has 4 rings (SSSR count). The maximum absolute atomic E-state index is 13.1. The third-order valence-electron chi connectivity index (χ3n) is 6.61. The molecule has 0 aromatic heterocycles. The first kappa shape index (κ1) is 18.3. The molecule has 0 bridgehead atoms. The number of benzene rings is 1. The van der Waals surface area contributed by atoms with Crippen LogP contribution in [0.2, 0.25) is 0 Å². The van der Waals surface area contributed by atoms with Gasteiger partial charge in [-0.15, -0.1) is 0 Å². The average Bonchev–Trinajstić information content (AvgIpc) is 3.37. The molecule has 1 aliphatic carbocycles. The first-order valence-corrected chi connectivity index (χ1v) is 10.2. The molecule has 1 saturated carbocycles. The number of amides is 2. The molecule has 5 heteroatoms. The maximum Gasteiger partial charge on any atom is 0.260 e. The lowest BCUT2D eigenvalue weighted by molar-refractivity contribution is -0.146. The van der Waals surface area contributed by atoms with Gasteiger partial charge in [0.1, 0.15) is 5.75 Å². The van der Waals surface area contributed by atoms with Gasteiger partial charge in [-0.3, -0.25) is 9.59 Å². The van der Waals surface area contributed by atoms with Crippen molar-refractivity contribution in [3.05, 3.63) is 29.3 Å². The number of rotatable bonds is 5. The van der Waals surface area contributed by atoms with Crippen molar-refractivity contribution in [2.45, 2.75) is 46.0 Å². The van der Waals surface area contributed by atoms with Crippen molar-refractivity contribution in [2.24, 2.45) is 11.3 Å². The van der Waals surface area contributed by atoms with Gasteiger partial charge in [0.25, 0.3) is 5.91 Å². The Bertz CT molecular complexity index is 743. The van der Waals surface area contributed by atoms with E-state index in [0.717, 1.165) is 49.2 Å². The van der Waals surface area contributed by atoms with E-state index in [9.17, 15) is 9.59 Å². The van der Waals surface area contributed by atoms with Crippen molar-refractivity contribution in [1.82, 2.24) is 9.80 Å². The van der Waals surface area contributed by atoms with Crippen LogP contribution in [-0.4, -0.2) is 54.4 Å². The Kier molecular flexibility index (Phi) is 4.87. The highest BCUT2D eigenvalue weighted by Crippen LogP contribution is 2.41. The second-order valence-corrected chi connectivity index (χ2v) is 8.63. The summed E-state index contributed by atoms with van der Waals surface area (Å²) in [6.07, 6.45) is 5.28. The van der Waals surface area contributed by atoms with E-state index in [2.05, 4.69) is 4.90 Å². The van der Waals surface area contributed by atoms with E-state index in [4.69, 9.17) is 4.74 Å². The third-order valence-corrected chi connectivity index (χ3v) is 6.61. The first-order chi connectivity index (χ1) is 13.0. The molecule has 5 nitrogen and oxygen atoms in total. The van der Waals surface area contributed by atoms with Gasteiger partial charge in [0.05, 0.1) is 5.41 Å². The van der Waals surface area contributed by atoms with E-state index < -0.39 is 0 Å². The number of likely N-dealkylation sites (tertiary alicyclic amines) is 2. The molecule has 1 aromatic carbocycles. The van der Waals surface area contributed by atoms with Crippen LogP contribution < -0.4 is 4.74 Å². The lowest BCUT2D eigenvalue weighted by Gasteiger charge is -2.39. The Labute approximate surface area is 161 Å². The van der Waals surface area contributed by atoms with E-state index in [1.165, 1.54) is 12.8 Å². The molecule has 0 radical (unpaired) electrons. The molecule has 1 atom stereocenters. The molecule has 3 fully saturated rings. The minimum atomic E-state index is -0.345. The largest absolute Gasteiger partial charge is 0.483 e. The van der Waals surface area contributed by atoms with Gasteiger partial charge < -0.3 is 14.5 Å². The van der Waals surface area contributed by atoms with Gasteiger partial charge in [-0.05, 0) is 69.1 Å². The number of carbonyl (C=O) groups is 2. The fourth-order valence-electron chi connectivity index (χ4n) is 4.51. The molecule has 2 amide bonds. The SMILES string of the molecule is Cc1cccc(OCC(=O)N2CCC3(CCCN(CC4CC4)C3=O)C2)c1C. The summed E-state index contributed by atoms with van der Waals surface area (Å²) in [5.74, 6) is 1.75. The summed E-state index contributed by atoms with van der Waals surface area (Å²) in [4.78, 5) is 29.7. The lowest BCUT2D eigenvalue weighted by Crippen LogP contribution is -2.51. The number of carbonyl (C=O) groups excluding carboxylic acids is 2. The van der Waals surface area contributed by atoms with Crippen molar-refractivity contribution in [3.8, 4) is 5.75 Å². The number of piperidine rings is 1. The fraction of sp³-hybridized carbons (Fsp3) is 0.636. The Balaban J connectivity index is 1.36. The quantitative estimate of drug-likeness (QED) is 0.801. The minimum Gasteiger partial charge on any atom is -0.483 e. The number of hydrogen-bond donors (Lipinski definition) is 0. The summed E-state index contributed by atoms with van der Waals surface area (Å²) >= 11 is 0. The summed E-state index contributed by atoms with van der Waals surface area (Å²) in [6.45, 7) is 7.12. The molecule has 1 unspecified atom stereocenters. The van der Waals surface area contributed by atoms with Crippen LogP contribution in [0, 0.1) is 25.2 Å². The molecule has 2 saturated heterocycles. The monoisotopic (exact) mass is 370 g/mol. The van der Waals surface area contributed by atoms with Gasteiger partial charge in [0.15, 0.2) is 6.61 Å². The lowest BCUT2D eigenvalue weighted by atomic mass is 9.78. The van der Waals surface area contributed by atoms with E-state index in [0.29, 0.717) is 19.0 Å². The first-order valence-electron chi connectivity index (χ1n) is 10.2. The number of aryl methyl sites for hydroxylation is 1. The molecule has 2 heterocycles. The number of hydrogen-bond acceptors (Lipinski definition) is 3. The van der Waals surface area contributed by atoms with Gasteiger partial charge in [-0.1, -0.05) is 12.1 Å². The van der Waals surface area contributed by atoms with Crippen LogP contribution in [0.25, 0.3) is 0 Å². The van der Waals surface area contributed by atoms with Crippen molar-refractivity contribution in [1.29, 1.82) is 0 Å². The van der Waals surface area contributed by atoms with Crippen molar-refractivity contribution in [3.63, 3.8) is 0 Å².